The zero-order valence-electron chi connectivity index (χ0n) is 17.7. The maximum atomic E-state index is 13.3. The molecule has 1 saturated carbocycles. The van der Waals surface area contributed by atoms with E-state index in [4.69, 9.17) is 0 Å². The quantitative estimate of drug-likeness (QED) is 0.781. The Labute approximate surface area is 179 Å². The van der Waals surface area contributed by atoms with Gasteiger partial charge in [-0.2, -0.15) is 0 Å². The van der Waals surface area contributed by atoms with Gasteiger partial charge in [0.25, 0.3) is 0 Å². The molecule has 6 heteroatoms. The van der Waals surface area contributed by atoms with E-state index in [1.54, 1.807) is 0 Å². The van der Waals surface area contributed by atoms with Crippen LogP contribution in [0.4, 0.5) is 0 Å². The number of hydrogen-bond donors (Lipinski definition) is 1. The monoisotopic (exact) mass is 411 g/mol. The smallest absolute Gasteiger partial charge is 0.245 e. The fraction of sp³-hybridized carbons (Fsp3) is 0.625. The predicted octanol–water partition coefficient (Wildman–Crippen LogP) is 2.38. The molecule has 2 saturated heterocycles. The Bertz CT molecular complexity index is 748. The van der Waals surface area contributed by atoms with Gasteiger partial charge in [-0.05, 0) is 50.5 Å². The van der Waals surface area contributed by atoms with Crippen molar-refractivity contribution in [1.82, 2.24) is 15.1 Å². The highest BCUT2D eigenvalue weighted by Crippen LogP contribution is 2.29. The molecule has 1 atom stereocenters. The van der Waals surface area contributed by atoms with Crippen LogP contribution in [0, 0.1) is 11.8 Å². The maximum Gasteiger partial charge on any atom is 0.245 e. The summed E-state index contributed by atoms with van der Waals surface area (Å²) < 4.78 is 0. The highest BCUT2D eigenvalue weighted by atomic mass is 16.2. The van der Waals surface area contributed by atoms with Crippen molar-refractivity contribution in [1.29, 1.82) is 0 Å². The second-order valence-electron chi connectivity index (χ2n) is 9.01. The summed E-state index contributed by atoms with van der Waals surface area (Å²) in [5, 5.41) is 3.00. The first-order valence-corrected chi connectivity index (χ1v) is 11.5. The van der Waals surface area contributed by atoms with Crippen LogP contribution in [0.1, 0.15) is 50.5 Å². The number of likely N-dealkylation sites (tertiary alicyclic amines) is 2. The zero-order valence-corrected chi connectivity index (χ0v) is 17.7. The summed E-state index contributed by atoms with van der Waals surface area (Å²) in [5.41, 5.74) is 1.04. The van der Waals surface area contributed by atoms with Gasteiger partial charge in [0.1, 0.15) is 6.04 Å². The minimum absolute atomic E-state index is 0.000515. The molecule has 3 aliphatic rings. The van der Waals surface area contributed by atoms with Crippen LogP contribution in [0.2, 0.25) is 0 Å². The standard InChI is InChI=1S/C24H33N3O3/c28-22(19-9-10-19)25-21(17-18-7-3-1-4-8-18)24(30)27-15-11-20(12-16-27)23(29)26-13-5-2-6-14-26/h1,3-4,7-8,19-21H,2,5-6,9-17H2,(H,25,28)/t21-/m1/s1. The van der Waals surface area contributed by atoms with Crippen LogP contribution in [0.5, 0.6) is 0 Å². The Morgan fingerprint density at radius 2 is 1.50 bits per heavy atom. The number of carbonyl (C=O) groups excluding carboxylic acids is 3. The number of benzene rings is 1. The number of nitrogens with one attached hydrogen (secondary N) is 1. The van der Waals surface area contributed by atoms with Gasteiger partial charge in [-0.25, -0.2) is 0 Å². The fourth-order valence-corrected chi connectivity index (χ4v) is 4.62. The van der Waals surface area contributed by atoms with E-state index < -0.39 is 6.04 Å². The molecule has 30 heavy (non-hydrogen) atoms. The Morgan fingerprint density at radius 3 is 2.13 bits per heavy atom. The Balaban J connectivity index is 1.35. The van der Waals surface area contributed by atoms with Gasteiger partial charge >= 0.3 is 0 Å². The summed E-state index contributed by atoms with van der Waals surface area (Å²) in [6.45, 7) is 2.94. The van der Waals surface area contributed by atoms with E-state index in [2.05, 4.69) is 5.32 Å². The van der Waals surface area contributed by atoms with Crippen LogP contribution < -0.4 is 5.32 Å². The normalized spacial score (nSPS) is 21.2. The van der Waals surface area contributed by atoms with Gasteiger partial charge in [-0.3, -0.25) is 14.4 Å². The van der Waals surface area contributed by atoms with E-state index in [1.807, 2.05) is 40.1 Å². The maximum absolute atomic E-state index is 13.3. The van der Waals surface area contributed by atoms with E-state index in [-0.39, 0.29) is 29.6 Å². The third-order valence-electron chi connectivity index (χ3n) is 6.67. The van der Waals surface area contributed by atoms with Gasteiger partial charge < -0.3 is 15.1 Å². The van der Waals surface area contributed by atoms with Crippen molar-refractivity contribution in [3.8, 4) is 0 Å². The largest absolute Gasteiger partial charge is 0.344 e. The van der Waals surface area contributed by atoms with Gasteiger partial charge in [-0.15, -0.1) is 0 Å². The van der Waals surface area contributed by atoms with E-state index in [1.165, 1.54) is 6.42 Å². The number of piperidine rings is 2. The molecule has 2 aliphatic heterocycles. The fourth-order valence-electron chi connectivity index (χ4n) is 4.62. The number of carbonyl (C=O) groups is 3. The molecule has 4 rings (SSSR count). The van der Waals surface area contributed by atoms with Crippen molar-refractivity contribution in [3.05, 3.63) is 35.9 Å². The number of rotatable bonds is 6. The molecule has 2 heterocycles. The second kappa shape index (κ2) is 9.63. The molecule has 0 bridgehead atoms. The van der Waals surface area contributed by atoms with Gasteiger partial charge in [-0.1, -0.05) is 30.3 Å². The van der Waals surface area contributed by atoms with Crippen LogP contribution in [0.15, 0.2) is 30.3 Å². The first kappa shape index (κ1) is 20.9. The molecule has 3 fully saturated rings. The van der Waals surface area contributed by atoms with Crippen molar-refractivity contribution >= 4 is 17.7 Å². The van der Waals surface area contributed by atoms with Crippen molar-refractivity contribution in [2.75, 3.05) is 26.2 Å². The minimum Gasteiger partial charge on any atom is -0.344 e. The van der Waals surface area contributed by atoms with Crippen molar-refractivity contribution in [2.45, 2.75) is 57.4 Å². The molecule has 0 aromatic heterocycles. The lowest BCUT2D eigenvalue weighted by atomic mass is 9.93. The van der Waals surface area contributed by atoms with Crippen LogP contribution in [0.25, 0.3) is 0 Å². The summed E-state index contributed by atoms with van der Waals surface area (Å²) in [4.78, 5) is 42.3. The van der Waals surface area contributed by atoms with Crippen molar-refractivity contribution < 1.29 is 14.4 Å². The first-order chi connectivity index (χ1) is 14.6. The van der Waals surface area contributed by atoms with E-state index in [0.717, 1.165) is 57.2 Å². The Morgan fingerprint density at radius 1 is 0.833 bits per heavy atom. The lowest BCUT2D eigenvalue weighted by Gasteiger charge is -2.37. The average molecular weight is 412 g/mol. The molecule has 6 nitrogen and oxygen atoms in total. The highest BCUT2D eigenvalue weighted by Gasteiger charge is 2.36. The number of hydrogen-bond acceptors (Lipinski definition) is 3. The summed E-state index contributed by atoms with van der Waals surface area (Å²) in [6.07, 6.45) is 7.20. The molecule has 1 aromatic carbocycles. The molecule has 0 radical (unpaired) electrons. The molecule has 1 N–H and O–H groups in total. The van der Waals surface area contributed by atoms with Crippen LogP contribution in [0.3, 0.4) is 0 Å². The van der Waals surface area contributed by atoms with Gasteiger partial charge in [0.05, 0.1) is 0 Å². The molecule has 3 amide bonds. The lowest BCUT2D eigenvalue weighted by Crippen LogP contribution is -2.53. The van der Waals surface area contributed by atoms with Crippen LogP contribution in [-0.2, 0) is 20.8 Å². The molecule has 1 aromatic rings. The first-order valence-electron chi connectivity index (χ1n) is 11.5. The van der Waals surface area contributed by atoms with E-state index in [0.29, 0.717) is 19.5 Å². The zero-order chi connectivity index (χ0) is 20.9. The topological polar surface area (TPSA) is 69.7 Å². The van der Waals surface area contributed by atoms with E-state index >= 15 is 0 Å². The van der Waals surface area contributed by atoms with Gasteiger partial charge in [0, 0.05) is 44.4 Å². The average Bonchev–Trinajstić information content (AvgIpc) is 3.65. The summed E-state index contributed by atoms with van der Waals surface area (Å²) >= 11 is 0. The van der Waals surface area contributed by atoms with Gasteiger partial charge in [0.15, 0.2) is 0 Å². The molecular weight excluding hydrogens is 378 g/mol. The van der Waals surface area contributed by atoms with Crippen molar-refractivity contribution in [2.24, 2.45) is 11.8 Å². The minimum atomic E-state index is -0.533. The Hall–Kier alpha value is -2.37. The number of amides is 3. The van der Waals surface area contributed by atoms with Crippen LogP contribution >= 0.6 is 0 Å². The third kappa shape index (κ3) is 5.21. The lowest BCUT2D eigenvalue weighted by molar-refractivity contribution is -0.142. The summed E-state index contributed by atoms with van der Waals surface area (Å²) in [7, 11) is 0. The molecule has 1 aliphatic carbocycles. The third-order valence-corrected chi connectivity index (χ3v) is 6.67. The molecule has 162 valence electrons. The summed E-state index contributed by atoms with van der Waals surface area (Å²) in [6, 6.07) is 9.32. The number of nitrogens with zero attached hydrogens (tertiary/aromatic N) is 2. The highest BCUT2D eigenvalue weighted by molar-refractivity contribution is 5.90. The Kier molecular flexibility index (Phi) is 6.70. The second-order valence-corrected chi connectivity index (χ2v) is 9.01. The molecule has 0 unspecified atom stereocenters. The van der Waals surface area contributed by atoms with E-state index in [9.17, 15) is 14.4 Å². The van der Waals surface area contributed by atoms with Crippen LogP contribution in [-0.4, -0.2) is 59.7 Å². The van der Waals surface area contributed by atoms with Crippen molar-refractivity contribution in [3.63, 3.8) is 0 Å². The SMILES string of the molecule is O=C(N[C@H](Cc1ccccc1)C(=O)N1CCC(C(=O)N2CCCCC2)CC1)C1CC1. The molecular formula is C24H33N3O3. The predicted molar refractivity (Wildman–Crippen MR) is 115 cm³/mol. The van der Waals surface area contributed by atoms with Gasteiger partial charge in [0.2, 0.25) is 17.7 Å². The molecule has 0 spiro atoms. The summed E-state index contributed by atoms with van der Waals surface area (Å²) in [5.74, 6) is 0.352.